The highest BCUT2D eigenvalue weighted by atomic mass is 16.3. The smallest absolute Gasteiger partial charge is 0.258 e. The predicted octanol–water partition coefficient (Wildman–Crippen LogP) is 1.31. The molecule has 0 radical (unpaired) electrons. The van der Waals surface area contributed by atoms with E-state index in [9.17, 15) is 19.5 Å². The molecule has 3 aliphatic rings. The number of carbonyl (C=O) groups excluding carboxylic acids is 2. The number of rotatable bonds is 6. The summed E-state index contributed by atoms with van der Waals surface area (Å²) in [6.07, 6.45) is 6.15. The van der Waals surface area contributed by atoms with Crippen LogP contribution in [0.1, 0.15) is 50.4 Å². The molecule has 4 rings (SSSR count). The molecule has 7 nitrogen and oxygen atoms in total. The van der Waals surface area contributed by atoms with Gasteiger partial charge in [0.1, 0.15) is 0 Å². The highest BCUT2D eigenvalue weighted by Crippen LogP contribution is 2.50. The molecule has 156 valence electrons. The summed E-state index contributed by atoms with van der Waals surface area (Å²) in [5.41, 5.74) is 1.17. The summed E-state index contributed by atoms with van der Waals surface area (Å²) in [6.45, 7) is 4.52. The van der Waals surface area contributed by atoms with Crippen molar-refractivity contribution >= 4 is 17.9 Å². The Kier molecular flexibility index (Phi) is 5.34. The SMILES string of the molecule is C/C=C/c1ccc2n(c1=O)C[C@@H]1[C@@H](CO)[C@H](C(=O)NCCC)[C@H]2N1C(=O)C1CC1. The van der Waals surface area contributed by atoms with Gasteiger partial charge in [-0.1, -0.05) is 19.1 Å². The standard InChI is InChI=1S/C22H29N3O4/c1-3-5-13-8-9-16-19-18(20(27)23-10-4-2)15(12-26)17(11-24(16)21(13)28)25(19)22(29)14-6-7-14/h3,5,8-9,14-15,17-19,26H,4,6-7,10-12H2,1-2H3,(H,23,27)/b5-3+/t15-,17-,18+,19+/m1/s1. The van der Waals surface area contributed by atoms with Crippen LogP contribution in [0.3, 0.4) is 0 Å². The van der Waals surface area contributed by atoms with Gasteiger partial charge in [0.05, 0.1) is 18.0 Å². The van der Waals surface area contributed by atoms with Crippen LogP contribution in [0.5, 0.6) is 0 Å². The molecule has 1 aromatic heterocycles. The maximum absolute atomic E-state index is 13.1. The number of amides is 2. The van der Waals surface area contributed by atoms with E-state index < -0.39 is 12.0 Å². The molecule has 2 N–H and O–H groups in total. The Hall–Kier alpha value is -2.41. The second-order valence-electron chi connectivity index (χ2n) is 8.32. The van der Waals surface area contributed by atoms with E-state index in [1.54, 1.807) is 16.7 Å². The molecule has 0 spiro atoms. The lowest BCUT2D eigenvalue weighted by atomic mass is 9.86. The van der Waals surface area contributed by atoms with Crippen LogP contribution in [0.15, 0.2) is 23.0 Å². The number of allylic oxidation sites excluding steroid dienone is 1. The van der Waals surface area contributed by atoms with Crippen molar-refractivity contribution in [2.45, 2.75) is 51.7 Å². The van der Waals surface area contributed by atoms with Gasteiger partial charge in [0.25, 0.3) is 5.56 Å². The highest BCUT2D eigenvalue weighted by Gasteiger charge is 2.58. The zero-order chi connectivity index (χ0) is 20.7. The van der Waals surface area contributed by atoms with E-state index in [4.69, 9.17) is 0 Å². The number of aromatic nitrogens is 1. The van der Waals surface area contributed by atoms with E-state index in [-0.39, 0.29) is 41.9 Å². The van der Waals surface area contributed by atoms with Crippen molar-refractivity contribution in [1.29, 1.82) is 0 Å². The fourth-order valence-corrected chi connectivity index (χ4v) is 4.94. The van der Waals surface area contributed by atoms with Crippen molar-refractivity contribution in [1.82, 2.24) is 14.8 Å². The minimum absolute atomic E-state index is 0.0114. The van der Waals surface area contributed by atoms with Gasteiger partial charge < -0.3 is 19.9 Å². The lowest BCUT2D eigenvalue weighted by molar-refractivity contribution is -0.138. The molecule has 4 atom stereocenters. The minimum atomic E-state index is -0.556. The number of nitrogens with zero attached hydrogens (tertiary/aromatic N) is 2. The first kappa shape index (κ1) is 19.9. The minimum Gasteiger partial charge on any atom is -0.396 e. The van der Waals surface area contributed by atoms with Gasteiger partial charge in [-0.3, -0.25) is 14.4 Å². The zero-order valence-corrected chi connectivity index (χ0v) is 17.0. The summed E-state index contributed by atoms with van der Waals surface area (Å²) in [4.78, 5) is 41.1. The van der Waals surface area contributed by atoms with Crippen molar-refractivity contribution in [3.8, 4) is 0 Å². The first-order valence-corrected chi connectivity index (χ1v) is 10.6. The first-order valence-electron chi connectivity index (χ1n) is 10.6. The second-order valence-corrected chi connectivity index (χ2v) is 8.32. The summed E-state index contributed by atoms with van der Waals surface area (Å²) in [5, 5.41) is 13.1. The number of aliphatic hydroxyl groups excluding tert-OH is 1. The van der Waals surface area contributed by atoms with Crippen LogP contribution in [-0.2, 0) is 16.1 Å². The zero-order valence-electron chi connectivity index (χ0n) is 17.0. The summed E-state index contributed by atoms with van der Waals surface area (Å²) in [6, 6.07) is 2.77. The van der Waals surface area contributed by atoms with Crippen LogP contribution in [0.25, 0.3) is 6.08 Å². The third-order valence-corrected chi connectivity index (χ3v) is 6.45. The van der Waals surface area contributed by atoms with Gasteiger partial charge in [-0.15, -0.1) is 0 Å². The molecule has 2 fully saturated rings. The molecule has 1 aliphatic carbocycles. The van der Waals surface area contributed by atoms with E-state index >= 15 is 0 Å². The van der Waals surface area contributed by atoms with Crippen molar-refractivity contribution in [3.63, 3.8) is 0 Å². The van der Waals surface area contributed by atoms with Gasteiger partial charge in [-0.25, -0.2) is 0 Å². The topological polar surface area (TPSA) is 91.6 Å². The lowest BCUT2D eigenvalue weighted by Gasteiger charge is -2.38. The van der Waals surface area contributed by atoms with Crippen LogP contribution in [0.2, 0.25) is 0 Å². The molecule has 2 bridgehead atoms. The number of aliphatic hydroxyl groups is 1. The number of hydrogen-bond acceptors (Lipinski definition) is 4. The number of pyridine rings is 1. The number of fused-ring (bicyclic) bond motifs is 4. The van der Waals surface area contributed by atoms with Gasteiger partial charge >= 0.3 is 0 Å². The first-order chi connectivity index (χ1) is 14.0. The largest absolute Gasteiger partial charge is 0.396 e. The summed E-state index contributed by atoms with van der Waals surface area (Å²) >= 11 is 0. The molecule has 7 heteroatoms. The lowest BCUT2D eigenvalue weighted by Crippen LogP contribution is -2.49. The van der Waals surface area contributed by atoms with E-state index in [2.05, 4.69) is 5.32 Å². The molecule has 2 aliphatic heterocycles. The average molecular weight is 399 g/mol. The van der Waals surface area contributed by atoms with Crippen LogP contribution >= 0.6 is 0 Å². The molecule has 3 heterocycles. The Bertz CT molecular complexity index is 902. The van der Waals surface area contributed by atoms with Crippen molar-refractivity contribution < 1.29 is 14.7 Å². The fraction of sp³-hybridized carbons (Fsp3) is 0.591. The number of nitrogens with one attached hydrogen (secondary N) is 1. The van der Waals surface area contributed by atoms with Gasteiger partial charge in [-0.05, 0) is 38.3 Å². The molecule has 0 unspecified atom stereocenters. The Morgan fingerprint density at radius 2 is 2.07 bits per heavy atom. The molecular formula is C22H29N3O4. The molecule has 1 saturated heterocycles. The van der Waals surface area contributed by atoms with Gasteiger partial charge in [0.15, 0.2) is 0 Å². The van der Waals surface area contributed by atoms with Crippen molar-refractivity contribution in [2.24, 2.45) is 17.8 Å². The van der Waals surface area contributed by atoms with E-state index in [0.29, 0.717) is 24.3 Å². The van der Waals surface area contributed by atoms with Gasteiger partial charge in [0.2, 0.25) is 11.8 Å². The third kappa shape index (κ3) is 3.21. The maximum Gasteiger partial charge on any atom is 0.258 e. The molecule has 0 aromatic carbocycles. The monoisotopic (exact) mass is 399 g/mol. The number of hydrogen-bond donors (Lipinski definition) is 2. The predicted molar refractivity (Wildman–Crippen MR) is 109 cm³/mol. The van der Waals surface area contributed by atoms with E-state index in [1.807, 2.05) is 30.9 Å². The fourth-order valence-electron chi connectivity index (χ4n) is 4.94. The normalized spacial score (nSPS) is 27.9. The van der Waals surface area contributed by atoms with Crippen molar-refractivity contribution in [2.75, 3.05) is 13.2 Å². The highest BCUT2D eigenvalue weighted by molar-refractivity contribution is 5.86. The number of carbonyl (C=O) groups is 2. The molecule has 29 heavy (non-hydrogen) atoms. The Morgan fingerprint density at radius 3 is 2.69 bits per heavy atom. The molecule has 1 saturated carbocycles. The molecule has 2 amide bonds. The Labute approximate surface area is 170 Å². The van der Waals surface area contributed by atoms with Crippen LogP contribution in [0.4, 0.5) is 0 Å². The average Bonchev–Trinajstić information content (AvgIpc) is 3.53. The second kappa shape index (κ2) is 7.78. The maximum atomic E-state index is 13.1. The van der Waals surface area contributed by atoms with Crippen LogP contribution in [-0.4, -0.2) is 45.6 Å². The quantitative estimate of drug-likeness (QED) is 0.755. The Morgan fingerprint density at radius 1 is 1.31 bits per heavy atom. The summed E-state index contributed by atoms with van der Waals surface area (Å²) in [7, 11) is 0. The van der Waals surface area contributed by atoms with Crippen molar-refractivity contribution in [3.05, 3.63) is 39.8 Å². The van der Waals surface area contributed by atoms with Gasteiger partial charge in [-0.2, -0.15) is 0 Å². The van der Waals surface area contributed by atoms with E-state index in [1.165, 1.54) is 0 Å². The summed E-state index contributed by atoms with van der Waals surface area (Å²) in [5.74, 6) is -1.02. The summed E-state index contributed by atoms with van der Waals surface area (Å²) < 4.78 is 1.71. The molecule has 1 aromatic rings. The Balaban J connectivity index is 1.83. The van der Waals surface area contributed by atoms with Crippen LogP contribution in [0, 0.1) is 17.8 Å². The van der Waals surface area contributed by atoms with Crippen LogP contribution < -0.4 is 10.9 Å². The van der Waals surface area contributed by atoms with E-state index in [0.717, 1.165) is 19.3 Å². The molecular weight excluding hydrogens is 370 g/mol. The third-order valence-electron chi connectivity index (χ3n) is 6.45. The van der Waals surface area contributed by atoms with Gasteiger partial charge in [0, 0.05) is 42.8 Å².